The Morgan fingerprint density at radius 1 is 1.19 bits per heavy atom. The van der Waals surface area contributed by atoms with E-state index in [1.54, 1.807) is 38.1 Å². The first-order chi connectivity index (χ1) is 10.1. The summed E-state index contributed by atoms with van der Waals surface area (Å²) in [7, 11) is 0. The van der Waals surface area contributed by atoms with E-state index in [2.05, 4.69) is 0 Å². The van der Waals surface area contributed by atoms with Crippen LogP contribution < -0.4 is 0 Å². The molecule has 0 amide bonds. The van der Waals surface area contributed by atoms with Crippen molar-refractivity contribution >= 4 is 18.2 Å². The van der Waals surface area contributed by atoms with Crippen LogP contribution in [0.4, 0.5) is 0 Å². The number of carbonyl (C=O) groups excluding carboxylic acids is 2. The van der Waals surface area contributed by atoms with E-state index in [0.29, 0.717) is 10.3 Å². The molecule has 0 N–H and O–H groups in total. The highest BCUT2D eigenvalue weighted by Gasteiger charge is 2.31. The van der Waals surface area contributed by atoms with Crippen molar-refractivity contribution in [1.82, 2.24) is 0 Å². The first-order valence-electron chi connectivity index (χ1n) is 6.76. The Morgan fingerprint density at radius 3 is 2.38 bits per heavy atom. The number of carbonyl (C=O) groups is 2. The molecule has 0 saturated carbocycles. The van der Waals surface area contributed by atoms with Gasteiger partial charge in [0.05, 0.1) is 13.2 Å². The smallest absolute Gasteiger partial charge is 0.377 e. The van der Waals surface area contributed by atoms with Gasteiger partial charge < -0.3 is 14.7 Å². The first-order valence-corrected chi connectivity index (χ1v) is 6.76. The summed E-state index contributed by atoms with van der Waals surface area (Å²) in [5, 5.41) is 12.1. The van der Waals surface area contributed by atoms with Crippen LogP contribution in [0, 0.1) is 5.21 Å². The van der Waals surface area contributed by atoms with Gasteiger partial charge in [-0.05, 0) is 26.0 Å². The molecule has 6 nitrogen and oxygen atoms in total. The molecule has 114 valence electrons. The fourth-order valence-corrected chi connectivity index (χ4v) is 1.67. The summed E-state index contributed by atoms with van der Waals surface area (Å²) < 4.78 is 10.0. The van der Waals surface area contributed by atoms with Gasteiger partial charge in [-0.3, -0.25) is 4.79 Å². The van der Waals surface area contributed by atoms with Crippen molar-refractivity contribution in [2.75, 3.05) is 13.2 Å². The lowest BCUT2D eigenvalue weighted by atomic mass is 10.2. The van der Waals surface area contributed by atoms with Crippen molar-refractivity contribution in [3.05, 3.63) is 41.1 Å². The van der Waals surface area contributed by atoms with Gasteiger partial charge in [0, 0.05) is 5.56 Å². The van der Waals surface area contributed by atoms with E-state index in [1.165, 1.54) is 6.21 Å². The van der Waals surface area contributed by atoms with Crippen molar-refractivity contribution in [1.29, 1.82) is 0 Å². The lowest BCUT2D eigenvalue weighted by Gasteiger charge is -2.15. The minimum absolute atomic E-state index is 0.136. The zero-order valence-electron chi connectivity index (χ0n) is 12.2. The second-order valence-electron chi connectivity index (χ2n) is 4.18. The highest BCUT2D eigenvalue weighted by molar-refractivity contribution is 5.83. The van der Waals surface area contributed by atoms with Crippen molar-refractivity contribution in [3.63, 3.8) is 0 Å². The molecule has 1 aromatic carbocycles. The molecule has 0 aromatic heterocycles. The molecule has 0 bridgehead atoms. The summed E-state index contributed by atoms with van der Waals surface area (Å²) in [5.74, 6) is -1.36. The SMILES string of the molecule is CCOC(=O)C[C@@H](C(=O)OCC)[N+]([O-])=Cc1ccccc1. The average molecular weight is 293 g/mol. The Morgan fingerprint density at radius 2 is 1.81 bits per heavy atom. The van der Waals surface area contributed by atoms with E-state index in [-0.39, 0.29) is 19.6 Å². The third-order valence-electron chi connectivity index (χ3n) is 2.61. The molecule has 1 rings (SSSR count). The Balaban J connectivity index is 2.91. The summed E-state index contributed by atoms with van der Waals surface area (Å²) in [6.45, 7) is 3.62. The van der Waals surface area contributed by atoms with Gasteiger partial charge in [0.25, 0.3) is 6.04 Å². The van der Waals surface area contributed by atoms with E-state index in [1.807, 2.05) is 6.07 Å². The molecule has 1 atom stereocenters. The first kappa shape index (κ1) is 16.7. The highest BCUT2D eigenvalue weighted by atomic mass is 16.6. The van der Waals surface area contributed by atoms with Crippen LogP contribution in [0.5, 0.6) is 0 Å². The van der Waals surface area contributed by atoms with Gasteiger partial charge in [-0.15, -0.1) is 0 Å². The molecular weight excluding hydrogens is 274 g/mol. The fourth-order valence-electron chi connectivity index (χ4n) is 1.67. The minimum Gasteiger partial charge on any atom is -0.623 e. The predicted octanol–water partition coefficient (Wildman–Crippen LogP) is 1.50. The molecule has 0 aliphatic rings. The Labute approximate surface area is 123 Å². The Kier molecular flexibility index (Phi) is 6.94. The van der Waals surface area contributed by atoms with Crippen LogP contribution in [-0.4, -0.2) is 42.1 Å². The normalized spacial score (nSPS) is 12.6. The largest absolute Gasteiger partial charge is 0.623 e. The zero-order valence-corrected chi connectivity index (χ0v) is 12.2. The van der Waals surface area contributed by atoms with Gasteiger partial charge in [-0.1, -0.05) is 18.2 Å². The molecule has 0 heterocycles. The van der Waals surface area contributed by atoms with Crippen LogP contribution in [0.2, 0.25) is 0 Å². The van der Waals surface area contributed by atoms with Gasteiger partial charge in [-0.25, -0.2) is 4.79 Å². The zero-order chi connectivity index (χ0) is 15.7. The monoisotopic (exact) mass is 293 g/mol. The molecule has 0 saturated heterocycles. The van der Waals surface area contributed by atoms with Crippen molar-refractivity contribution in [3.8, 4) is 0 Å². The molecule has 6 heteroatoms. The fraction of sp³-hybridized carbons (Fsp3) is 0.400. The quantitative estimate of drug-likeness (QED) is 0.250. The number of hydrogen-bond donors (Lipinski definition) is 0. The van der Waals surface area contributed by atoms with Crippen molar-refractivity contribution in [2.24, 2.45) is 0 Å². The molecule has 0 spiro atoms. The molecule has 0 aliphatic carbocycles. The standard InChI is InChI=1S/C15H19NO5/c1-3-20-14(17)10-13(15(18)21-4-2)16(19)11-12-8-6-5-7-9-12/h5-9,11,13H,3-4,10H2,1-2H3/t13-/m0/s1. The van der Waals surface area contributed by atoms with Gasteiger partial charge in [-0.2, -0.15) is 4.74 Å². The number of esters is 2. The second-order valence-corrected chi connectivity index (χ2v) is 4.18. The minimum atomic E-state index is -1.25. The van der Waals surface area contributed by atoms with E-state index >= 15 is 0 Å². The van der Waals surface area contributed by atoms with E-state index in [0.717, 1.165) is 0 Å². The molecule has 0 aliphatic heterocycles. The summed E-state index contributed by atoms with van der Waals surface area (Å²) in [5.41, 5.74) is 0.630. The van der Waals surface area contributed by atoms with Crippen LogP contribution in [0.3, 0.4) is 0 Å². The Bertz CT molecular complexity index is 498. The molecule has 0 fully saturated rings. The number of benzene rings is 1. The number of hydrogen-bond acceptors (Lipinski definition) is 5. The predicted molar refractivity (Wildman–Crippen MR) is 76.9 cm³/mol. The Hall–Kier alpha value is -2.37. The van der Waals surface area contributed by atoms with Crippen LogP contribution in [0.15, 0.2) is 30.3 Å². The van der Waals surface area contributed by atoms with Crippen LogP contribution >= 0.6 is 0 Å². The molecule has 0 unspecified atom stereocenters. The third kappa shape index (κ3) is 5.64. The van der Waals surface area contributed by atoms with E-state index in [4.69, 9.17) is 9.47 Å². The molecule has 1 aromatic rings. The topological polar surface area (TPSA) is 78.7 Å². The van der Waals surface area contributed by atoms with E-state index < -0.39 is 18.0 Å². The third-order valence-corrected chi connectivity index (χ3v) is 2.61. The van der Waals surface area contributed by atoms with Crippen molar-refractivity contribution in [2.45, 2.75) is 26.3 Å². The lowest BCUT2D eigenvalue weighted by molar-refractivity contribution is -0.484. The second kappa shape index (κ2) is 8.73. The van der Waals surface area contributed by atoms with E-state index in [9.17, 15) is 14.8 Å². The van der Waals surface area contributed by atoms with Gasteiger partial charge >= 0.3 is 11.9 Å². The molecule has 0 radical (unpaired) electrons. The lowest BCUT2D eigenvalue weighted by Crippen LogP contribution is -2.36. The van der Waals surface area contributed by atoms with Crippen LogP contribution in [0.25, 0.3) is 0 Å². The summed E-state index contributed by atoms with van der Waals surface area (Å²) >= 11 is 0. The van der Waals surface area contributed by atoms with Crippen LogP contribution in [0.1, 0.15) is 25.8 Å². The van der Waals surface area contributed by atoms with Gasteiger partial charge in [0.2, 0.25) is 0 Å². The maximum absolute atomic E-state index is 12.1. The maximum Gasteiger partial charge on any atom is 0.377 e. The number of rotatable bonds is 7. The number of ether oxygens (including phenoxy) is 2. The summed E-state index contributed by atoms with van der Waals surface area (Å²) in [6.07, 6.45) is 0.903. The van der Waals surface area contributed by atoms with Crippen LogP contribution in [-0.2, 0) is 19.1 Å². The average Bonchev–Trinajstić information content (AvgIpc) is 2.46. The molecular formula is C15H19NO5. The summed E-state index contributed by atoms with van der Waals surface area (Å²) in [6, 6.07) is 7.54. The number of hydroxylamine groups is 1. The molecule has 21 heavy (non-hydrogen) atoms. The summed E-state index contributed by atoms with van der Waals surface area (Å²) in [4.78, 5) is 23.3. The highest BCUT2D eigenvalue weighted by Crippen LogP contribution is 2.05. The van der Waals surface area contributed by atoms with Crippen molar-refractivity contribution < 1.29 is 23.8 Å². The maximum atomic E-state index is 12.1. The van der Waals surface area contributed by atoms with Gasteiger partial charge in [0.15, 0.2) is 6.21 Å². The number of nitrogens with zero attached hydrogens (tertiary/aromatic N) is 1. The van der Waals surface area contributed by atoms with Gasteiger partial charge in [0.1, 0.15) is 6.42 Å².